The number of carbonyl (C=O) groups excluding carboxylic acids is 1. The molecule has 1 N–H and O–H groups in total. The van der Waals surface area contributed by atoms with E-state index in [4.69, 9.17) is 11.6 Å². The van der Waals surface area contributed by atoms with Crippen LogP contribution in [0.2, 0.25) is 0 Å². The molecular formula is C11H14ClNO3S. The van der Waals surface area contributed by atoms with E-state index in [1.54, 1.807) is 18.2 Å². The Labute approximate surface area is 106 Å². The van der Waals surface area contributed by atoms with Crippen LogP contribution in [0, 0.1) is 0 Å². The Bertz CT molecular complexity index is 499. The van der Waals surface area contributed by atoms with E-state index in [-0.39, 0.29) is 11.5 Å². The molecule has 0 saturated carbocycles. The minimum atomic E-state index is -3.38. The topological polar surface area (TPSA) is 63.2 Å². The molecule has 1 aromatic carbocycles. The van der Waals surface area contributed by atoms with E-state index in [0.717, 1.165) is 0 Å². The Morgan fingerprint density at radius 3 is 2.71 bits per heavy atom. The average Bonchev–Trinajstić information content (AvgIpc) is 2.26. The van der Waals surface area contributed by atoms with Crippen LogP contribution in [0.1, 0.15) is 23.7 Å². The molecule has 1 rings (SSSR count). The highest BCUT2D eigenvalue weighted by molar-refractivity contribution is 7.92. The molecule has 0 fully saturated rings. The molecule has 0 amide bonds. The van der Waals surface area contributed by atoms with Crippen LogP contribution in [0.15, 0.2) is 24.3 Å². The van der Waals surface area contributed by atoms with E-state index in [0.29, 0.717) is 23.6 Å². The third-order valence-corrected chi connectivity index (χ3v) is 3.73. The summed E-state index contributed by atoms with van der Waals surface area (Å²) in [6.07, 6.45) is 0.392. The van der Waals surface area contributed by atoms with Gasteiger partial charge in [0.15, 0.2) is 5.78 Å². The summed E-state index contributed by atoms with van der Waals surface area (Å²) in [6, 6.07) is 6.39. The van der Waals surface area contributed by atoms with E-state index < -0.39 is 10.0 Å². The van der Waals surface area contributed by atoms with E-state index >= 15 is 0 Å². The van der Waals surface area contributed by atoms with Gasteiger partial charge in [-0.25, -0.2) is 8.42 Å². The molecule has 17 heavy (non-hydrogen) atoms. The molecule has 0 aliphatic rings. The van der Waals surface area contributed by atoms with Gasteiger partial charge in [-0.3, -0.25) is 9.52 Å². The number of rotatable bonds is 6. The predicted molar refractivity (Wildman–Crippen MR) is 69.2 cm³/mol. The summed E-state index contributed by atoms with van der Waals surface area (Å²) in [5, 5.41) is 0. The maximum Gasteiger partial charge on any atom is 0.232 e. The first-order chi connectivity index (χ1) is 7.94. The van der Waals surface area contributed by atoms with Crippen molar-refractivity contribution < 1.29 is 13.2 Å². The van der Waals surface area contributed by atoms with Crippen molar-refractivity contribution in [3.05, 3.63) is 29.8 Å². The molecule has 0 aliphatic heterocycles. The molecule has 0 heterocycles. The van der Waals surface area contributed by atoms with E-state index in [2.05, 4.69) is 4.72 Å². The zero-order valence-electron chi connectivity index (χ0n) is 9.44. The molecule has 6 heteroatoms. The van der Waals surface area contributed by atoms with Crippen molar-refractivity contribution in [2.24, 2.45) is 0 Å². The third-order valence-electron chi connectivity index (χ3n) is 2.09. The van der Waals surface area contributed by atoms with Gasteiger partial charge < -0.3 is 0 Å². The fourth-order valence-corrected chi connectivity index (χ4v) is 2.68. The van der Waals surface area contributed by atoms with Gasteiger partial charge in [0.2, 0.25) is 10.0 Å². The fourth-order valence-electron chi connectivity index (χ4n) is 1.28. The number of carbonyl (C=O) groups is 1. The highest BCUT2D eigenvalue weighted by atomic mass is 35.5. The predicted octanol–water partition coefficient (Wildman–Crippen LogP) is 2.26. The second-order valence-electron chi connectivity index (χ2n) is 3.60. The molecule has 0 aliphatic carbocycles. The molecule has 0 atom stereocenters. The number of hydrogen-bond acceptors (Lipinski definition) is 3. The third kappa shape index (κ3) is 4.75. The zero-order chi connectivity index (χ0) is 12.9. The summed E-state index contributed by atoms with van der Waals surface area (Å²) < 4.78 is 25.6. The molecule has 0 bridgehead atoms. The smallest absolute Gasteiger partial charge is 0.232 e. The number of hydrogen-bond donors (Lipinski definition) is 1. The van der Waals surface area contributed by atoms with Crippen LogP contribution in [-0.2, 0) is 10.0 Å². The lowest BCUT2D eigenvalue weighted by Crippen LogP contribution is -2.17. The molecule has 0 radical (unpaired) electrons. The number of nitrogens with one attached hydrogen (secondary N) is 1. The van der Waals surface area contributed by atoms with Crippen LogP contribution in [0.4, 0.5) is 5.69 Å². The lowest BCUT2D eigenvalue weighted by molar-refractivity contribution is 0.101. The quantitative estimate of drug-likeness (QED) is 0.640. The van der Waals surface area contributed by atoms with Crippen molar-refractivity contribution in [2.45, 2.75) is 13.3 Å². The highest BCUT2D eigenvalue weighted by Gasteiger charge is 2.10. The minimum Gasteiger partial charge on any atom is -0.295 e. The maximum absolute atomic E-state index is 11.6. The largest absolute Gasteiger partial charge is 0.295 e. The second-order valence-corrected chi connectivity index (χ2v) is 5.82. The Morgan fingerprint density at radius 2 is 2.12 bits per heavy atom. The Hall–Kier alpha value is -1.07. The Morgan fingerprint density at radius 1 is 1.41 bits per heavy atom. The van der Waals surface area contributed by atoms with Crippen LogP contribution >= 0.6 is 11.6 Å². The van der Waals surface area contributed by atoms with Crippen molar-refractivity contribution in [3.8, 4) is 0 Å². The van der Waals surface area contributed by atoms with Gasteiger partial charge in [-0.05, 0) is 25.5 Å². The summed E-state index contributed by atoms with van der Waals surface area (Å²) in [4.78, 5) is 11.1. The second kappa shape index (κ2) is 6.02. The summed E-state index contributed by atoms with van der Waals surface area (Å²) in [6.45, 7) is 1.43. The van der Waals surface area contributed by atoms with Gasteiger partial charge in [0, 0.05) is 17.1 Å². The van der Waals surface area contributed by atoms with Gasteiger partial charge in [0.1, 0.15) is 0 Å². The normalized spacial score (nSPS) is 11.2. The van der Waals surface area contributed by atoms with E-state index in [1.807, 2.05) is 0 Å². The number of benzene rings is 1. The van der Waals surface area contributed by atoms with E-state index in [1.165, 1.54) is 13.0 Å². The SMILES string of the molecule is CC(=O)c1cccc(NS(=O)(=O)CCCCl)c1. The minimum absolute atomic E-state index is 0.0270. The number of anilines is 1. The molecule has 0 aromatic heterocycles. The van der Waals surface area contributed by atoms with Crippen molar-refractivity contribution in [1.82, 2.24) is 0 Å². The summed E-state index contributed by atoms with van der Waals surface area (Å²) in [5.41, 5.74) is 0.870. The Kier molecular flexibility index (Phi) is 4.96. The van der Waals surface area contributed by atoms with Gasteiger partial charge in [-0.2, -0.15) is 0 Å². The molecule has 94 valence electrons. The van der Waals surface area contributed by atoms with Gasteiger partial charge >= 0.3 is 0 Å². The van der Waals surface area contributed by atoms with Gasteiger partial charge in [0.05, 0.1) is 5.75 Å². The first kappa shape index (κ1) is 14.0. The summed E-state index contributed by atoms with van der Waals surface area (Å²) in [5.74, 6) is 0.168. The van der Waals surface area contributed by atoms with Crippen molar-refractivity contribution in [3.63, 3.8) is 0 Å². The number of sulfonamides is 1. The van der Waals surface area contributed by atoms with Crippen molar-refractivity contribution >= 4 is 33.1 Å². The lowest BCUT2D eigenvalue weighted by atomic mass is 10.1. The Balaban J connectivity index is 2.81. The van der Waals surface area contributed by atoms with Crippen LogP contribution in [0.5, 0.6) is 0 Å². The number of alkyl halides is 1. The van der Waals surface area contributed by atoms with E-state index in [9.17, 15) is 13.2 Å². The molecular weight excluding hydrogens is 262 g/mol. The lowest BCUT2D eigenvalue weighted by Gasteiger charge is -2.07. The molecule has 1 aromatic rings. The van der Waals surface area contributed by atoms with Crippen LogP contribution in [0.3, 0.4) is 0 Å². The number of ketones is 1. The van der Waals surface area contributed by atoms with Crippen molar-refractivity contribution in [1.29, 1.82) is 0 Å². The highest BCUT2D eigenvalue weighted by Crippen LogP contribution is 2.13. The monoisotopic (exact) mass is 275 g/mol. The molecule has 0 unspecified atom stereocenters. The maximum atomic E-state index is 11.6. The fraction of sp³-hybridized carbons (Fsp3) is 0.364. The number of halogens is 1. The van der Waals surface area contributed by atoms with Crippen LogP contribution < -0.4 is 4.72 Å². The summed E-state index contributed by atoms with van der Waals surface area (Å²) in [7, 11) is -3.38. The first-order valence-corrected chi connectivity index (χ1v) is 7.31. The van der Waals surface area contributed by atoms with Gasteiger partial charge in [0.25, 0.3) is 0 Å². The van der Waals surface area contributed by atoms with Crippen molar-refractivity contribution in [2.75, 3.05) is 16.4 Å². The summed E-state index contributed by atoms with van der Waals surface area (Å²) >= 11 is 5.44. The average molecular weight is 276 g/mol. The van der Waals surface area contributed by atoms with Crippen LogP contribution in [0.25, 0.3) is 0 Å². The number of Topliss-reactive ketones (excluding diaryl/α,β-unsaturated/α-hetero) is 1. The standard InChI is InChI=1S/C11H14ClNO3S/c1-9(14)10-4-2-5-11(8-10)13-17(15,16)7-3-6-12/h2,4-5,8,13H,3,6-7H2,1H3. The van der Waals surface area contributed by atoms with Gasteiger partial charge in [-0.15, -0.1) is 11.6 Å². The molecule has 4 nitrogen and oxygen atoms in total. The molecule has 0 spiro atoms. The molecule has 0 saturated heterocycles. The zero-order valence-corrected chi connectivity index (χ0v) is 11.0. The van der Waals surface area contributed by atoms with Gasteiger partial charge in [-0.1, -0.05) is 12.1 Å². The van der Waals surface area contributed by atoms with Crippen LogP contribution in [-0.4, -0.2) is 25.8 Å². The first-order valence-electron chi connectivity index (χ1n) is 5.12.